The number of hydrogen-bond acceptors (Lipinski definition) is 4. The van der Waals surface area contributed by atoms with E-state index in [4.69, 9.17) is 13.8 Å². The quantitative estimate of drug-likeness (QED) is 0.190. The Morgan fingerprint density at radius 1 is 0.408 bits per heavy atom. The third-order valence-electron chi connectivity index (χ3n) is 9.51. The third kappa shape index (κ3) is 4.57. The van der Waals surface area contributed by atoms with E-state index in [-0.39, 0.29) is 0 Å². The van der Waals surface area contributed by atoms with Crippen molar-refractivity contribution in [1.82, 2.24) is 4.98 Å². The van der Waals surface area contributed by atoms with E-state index in [0.717, 1.165) is 83.1 Å². The highest BCUT2D eigenvalue weighted by molar-refractivity contribution is 6.11. The van der Waals surface area contributed by atoms with Crippen LogP contribution in [0.1, 0.15) is 0 Å². The molecule has 0 spiro atoms. The molecule has 0 saturated heterocycles. The molecule has 0 aliphatic rings. The molecule has 0 N–H and O–H groups in total. The van der Waals surface area contributed by atoms with Crippen molar-refractivity contribution < 1.29 is 8.83 Å². The Morgan fingerprint density at radius 3 is 1.84 bits per heavy atom. The zero-order chi connectivity index (χ0) is 32.3. The highest BCUT2D eigenvalue weighted by Gasteiger charge is 2.18. The summed E-state index contributed by atoms with van der Waals surface area (Å²) < 4.78 is 12.7. The molecule has 0 radical (unpaired) electrons. The molecule has 49 heavy (non-hydrogen) atoms. The standard InChI is InChI=1S/C45H28N2O2/c1-2-9-29(10-3-1)30-17-21-34(22-18-30)47(44-27-40-39-25-32-11-4-5-12-33(32)26-42(39)48-43(40)28-46-44)35-23-19-31(20-24-35)36-14-8-15-38-37-13-6-7-16-41(37)49-45(36)38/h1-28H. The molecule has 7 aromatic carbocycles. The maximum atomic E-state index is 6.37. The third-order valence-corrected chi connectivity index (χ3v) is 9.51. The van der Waals surface area contributed by atoms with Crippen LogP contribution in [0.3, 0.4) is 0 Å². The number of nitrogens with zero attached hydrogens (tertiary/aromatic N) is 2. The SMILES string of the molecule is c1ccc(-c2ccc(N(c3ccc(-c4cccc5c4oc4ccccc45)cc3)c3cc4c(cn3)oc3cc5ccccc5cc34)cc2)cc1. The van der Waals surface area contributed by atoms with Gasteiger partial charge < -0.3 is 8.83 Å². The number of hydrogen-bond donors (Lipinski definition) is 0. The van der Waals surface area contributed by atoms with Gasteiger partial charge in [-0.25, -0.2) is 4.98 Å². The summed E-state index contributed by atoms with van der Waals surface area (Å²) in [4.78, 5) is 7.18. The van der Waals surface area contributed by atoms with Crippen molar-refractivity contribution in [2.24, 2.45) is 0 Å². The zero-order valence-corrected chi connectivity index (χ0v) is 26.4. The van der Waals surface area contributed by atoms with Crippen LogP contribution >= 0.6 is 0 Å². The van der Waals surface area contributed by atoms with Gasteiger partial charge in [-0.1, -0.05) is 115 Å². The lowest BCUT2D eigenvalue weighted by atomic mass is 10.0. The van der Waals surface area contributed by atoms with E-state index in [1.807, 2.05) is 24.4 Å². The predicted octanol–water partition coefficient (Wildman–Crippen LogP) is 12.8. The Morgan fingerprint density at radius 2 is 1.04 bits per heavy atom. The smallest absolute Gasteiger partial charge is 0.153 e. The fourth-order valence-electron chi connectivity index (χ4n) is 7.09. The van der Waals surface area contributed by atoms with Gasteiger partial charge in [-0.05, 0) is 76.0 Å². The summed E-state index contributed by atoms with van der Waals surface area (Å²) in [6.07, 6.45) is 1.84. The number of benzene rings is 7. The average Bonchev–Trinajstić information content (AvgIpc) is 3.73. The highest BCUT2D eigenvalue weighted by atomic mass is 16.3. The molecule has 3 aromatic heterocycles. The molecule has 3 heterocycles. The van der Waals surface area contributed by atoms with Crippen LogP contribution in [0.25, 0.3) is 76.9 Å². The van der Waals surface area contributed by atoms with Gasteiger partial charge in [-0.3, -0.25) is 4.90 Å². The van der Waals surface area contributed by atoms with E-state index in [1.54, 1.807) is 0 Å². The first-order valence-corrected chi connectivity index (χ1v) is 16.4. The maximum absolute atomic E-state index is 6.37. The lowest BCUT2D eigenvalue weighted by molar-refractivity contribution is 0.667. The van der Waals surface area contributed by atoms with Crippen LogP contribution < -0.4 is 4.90 Å². The molecule has 4 nitrogen and oxygen atoms in total. The number of anilines is 3. The molecule has 0 aliphatic heterocycles. The molecule has 0 saturated carbocycles. The Bertz CT molecular complexity index is 2810. The van der Waals surface area contributed by atoms with E-state index in [1.165, 1.54) is 10.9 Å². The van der Waals surface area contributed by atoms with Gasteiger partial charge in [0.05, 0.1) is 6.20 Å². The predicted molar refractivity (Wildman–Crippen MR) is 202 cm³/mol. The molecule has 0 amide bonds. The first-order chi connectivity index (χ1) is 24.3. The lowest BCUT2D eigenvalue weighted by Crippen LogP contribution is -2.11. The number of fused-ring (bicyclic) bond motifs is 7. The second-order valence-corrected chi connectivity index (χ2v) is 12.4. The minimum atomic E-state index is 0.766. The lowest BCUT2D eigenvalue weighted by Gasteiger charge is -2.25. The Kier molecular flexibility index (Phi) is 6.15. The van der Waals surface area contributed by atoms with E-state index in [2.05, 4.69) is 150 Å². The van der Waals surface area contributed by atoms with Gasteiger partial charge >= 0.3 is 0 Å². The van der Waals surface area contributed by atoms with E-state index < -0.39 is 0 Å². The average molecular weight is 629 g/mol. The minimum absolute atomic E-state index is 0.766. The van der Waals surface area contributed by atoms with Gasteiger partial charge in [-0.2, -0.15) is 0 Å². The summed E-state index contributed by atoms with van der Waals surface area (Å²) in [5, 5.41) is 6.69. The van der Waals surface area contributed by atoms with Crippen molar-refractivity contribution in [3.8, 4) is 22.3 Å². The number of para-hydroxylation sites is 2. The topological polar surface area (TPSA) is 42.4 Å². The summed E-state index contributed by atoms with van der Waals surface area (Å²) >= 11 is 0. The van der Waals surface area contributed by atoms with Gasteiger partial charge in [0.2, 0.25) is 0 Å². The van der Waals surface area contributed by atoms with Crippen molar-refractivity contribution >= 4 is 71.8 Å². The summed E-state index contributed by atoms with van der Waals surface area (Å²) in [6, 6.07) is 57.2. The largest absolute Gasteiger partial charge is 0.455 e. The zero-order valence-electron chi connectivity index (χ0n) is 26.4. The molecule has 0 fully saturated rings. The molecule has 0 bridgehead atoms. The summed E-state index contributed by atoms with van der Waals surface area (Å²) in [7, 11) is 0. The monoisotopic (exact) mass is 628 g/mol. The van der Waals surface area contributed by atoms with Crippen LogP contribution in [0.15, 0.2) is 179 Å². The van der Waals surface area contributed by atoms with Crippen molar-refractivity contribution in [3.05, 3.63) is 170 Å². The van der Waals surface area contributed by atoms with Crippen LogP contribution in [0.4, 0.5) is 17.2 Å². The number of furan rings is 2. The van der Waals surface area contributed by atoms with Crippen LogP contribution in [0, 0.1) is 0 Å². The summed E-state index contributed by atoms with van der Waals surface area (Å²) in [5.74, 6) is 0.808. The number of aromatic nitrogens is 1. The normalized spacial score (nSPS) is 11.7. The highest BCUT2D eigenvalue weighted by Crippen LogP contribution is 2.41. The fourth-order valence-corrected chi connectivity index (χ4v) is 7.09. The molecule has 0 aliphatic carbocycles. The van der Waals surface area contributed by atoms with Crippen LogP contribution in [-0.4, -0.2) is 4.98 Å². The second kappa shape index (κ2) is 11.0. The fraction of sp³-hybridized carbons (Fsp3) is 0. The number of rotatable bonds is 5. The first kappa shape index (κ1) is 27.5. The molecule has 0 unspecified atom stereocenters. The summed E-state index contributed by atoms with van der Waals surface area (Å²) in [5.41, 5.74) is 9.92. The van der Waals surface area contributed by atoms with Gasteiger partial charge in [0, 0.05) is 38.5 Å². The molecule has 10 aromatic rings. The minimum Gasteiger partial charge on any atom is -0.455 e. The van der Waals surface area contributed by atoms with Gasteiger partial charge in [-0.15, -0.1) is 0 Å². The molecular weight excluding hydrogens is 601 g/mol. The van der Waals surface area contributed by atoms with E-state index >= 15 is 0 Å². The van der Waals surface area contributed by atoms with Gasteiger partial charge in [0.15, 0.2) is 5.58 Å². The molecular formula is C45H28N2O2. The van der Waals surface area contributed by atoms with Crippen molar-refractivity contribution in [2.75, 3.05) is 4.90 Å². The van der Waals surface area contributed by atoms with Crippen LogP contribution in [-0.2, 0) is 0 Å². The van der Waals surface area contributed by atoms with E-state index in [9.17, 15) is 0 Å². The Balaban J connectivity index is 1.11. The van der Waals surface area contributed by atoms with Crippen molar-refractivity contribution in [1.29, 1.82) is 0 Å². The summed E-state index contributed by atoms with van der Waals surface area (Å²) in [6.45, 7) is 0. The Hall–Kier alpha value is -6.65. The first-order valence-electron chi connectivity index (χ1n) is 16.4. The number of pyridine rings is 1. The molecule has 4 heteroatoms. The van der Waals surface area contributed by atoms with Crippen LogP contribution in [0.5, 0.6) is 0 Å². The molecule has 10 rings (SSSR count). The molecule has 0 atom stereocenters. The molecule has 230 valence electrons. The second-order valence-electron chi connectivity index (χ2n) is 12.4. The van der Waals surface area contributed by atoms with Crippen molar-refractivity contribution in [2.45, 2.75) is 0 Å². The maximum Gasteiger partial charge on any atom is 0.153 e. The van der Waals surface area contributed by atoms with Crippen LogP contribution in [0.2, 0.25) is 0 Å². The van der Waals surface area contributed by atoms with Gasteiger partial charge in [0.1, 0.15) is 22.6 Å². The Labute approximate surface area is 282 Å². The van der Waals surface area contributed by atoms with Crippen molar-refractivity contribution in [3.63, 3.8) is 0 Å². The van der Waals surface area contributed by atoms with E-state index in [0.29, 0.717) is 0 Å². The van der Waals surface area contributed by atoms with Gasteiger partial charge in [0.25, 0.3) is 0 Å².